The van der Waals surface area contributed by atoms with E-state index in [1.54, 1.807) is 6.92 Å². The molecule has 40 heavy (non-hydrogen) atoms. The lowest BCUT2D eigenvalue weighted by molar-refractivity contribution is -0.227. The Morgan fingerprint density at radius 1 is 0.775 bits per heavy atom. The fraction of sp³-hybridized carbons (Fsp3) is 0.200. The van der Waals surface area contributed by atoms with Gasteiger partial charge in [0, 0.05) is 5.71 Å². The van der Waals surface area contributed by atoms with Crippen molar-refractivity contribution in [2.45, 2.75) is 34.5 Å². The van der Waals surface area contributed by atoms with Gasteiger partial charge in [0.1, 0.15) is 11.5 Å². The number of nitrogens with zero attached hydrogens (tertiary/aromatic N) is 4. The summed E-state index contributed by atoms with van der Waals surface area (Å²) in [6.07, 6.45) is -0.00836. The summed E-state index contributed by atoms with van der Waals surface area (Å²) in [5.41, 5.74) is 0.837. The van der Waals surface area contributed by atoms with Gasteiger partial charge in [-0.25, -0.2) is 9.90 Å². The number of hydrogen-bond acceptors (Lipinski definition) is 12. The number of carbonyl (C=O) groups is 2. The summed E-state index contributed by atoms with van der Waals surface area (Å²) >= 11 is 0. The number of anilines is 2. The second-order valence-corrected chi connectivity index (χ2v) is 12.3. The molecule has 0 aliphatic carbocycles. The predicted octanol–water partition coefficient (Wildman–Crippen LogP) is 0.808. The molecule has 0 unspecified atom stereocenters. The van der Waals surface area contributed by atoms with E-state index in [0.29, 0.717) is 23.2 Å². The summed E-state index contributed by atoms with van der Waals surface area (Å²) in [7, 11) is -13.8. The molecule has 2 aliphatic rings. The van der Waals surface area contributed by atoms with Gasteiger partial charge in [0.2, 0.25) is 0 Å². The number of amides is 2. The Hall–Kier alpha value is -3.63. The number of rotatable bonds is 7. The van der Waals surface area contributed by atoms with E-state index in [-0.39, 0.29) is 35.9 Å². The molecule has 4 N–H and O–H groups in total. The van der Waals surface area contributed by atoms with Crippen LogP contribution in [0.2, 0.25) is 0 Å². The number of carbonyl (C=O) groups excluding carboxylic acids is 2. The van der Waals surface area contributed by atoms with E-state index < -0.39 is 46.1 Å². The Balaban J connectivity index is 0.000000222. The molecule has 216 valence electrons. The van der Waals surface area contributed by atoms with Crippen LogP contribution in [0.5, 0.6) is 0 Å². The summed E-state index contributed by atoms with van der Waals surface area (Å²) in [5, 5.41) is 17.9. The first-order valence-corrected chi connectivity index (χ1v) is 14.9. The van der Waals surface area contributed by atoms with Gasteiger partial charge in [0.15, 0.2) is 0 Å². The van der Waals surface area contributed by atoms with Gasteiger partial charge in [-0.3, -0.25) is 28.5 Å². The van der Waals surface area contributed by atoms with Gasteiger partial charge in [0.05, 0.1) is 39.7 Å². The van der Waals surface area contributed by atoms with Crippen LogP contribution in [-0.4, -0.2) is 74.0 Å². The van der Waals surface area contributed by atoms with Gasteiger partial charge in [-0.2, -0.15) is 40.5 Å². The van der Waals surface area contributed by atoms with Crippen LogP contribution < -0.4 is 10.0 Å². The normalized spacial score (nSPS) is 16.0. The first-order chi connectivity index (χ1) is 18.4. The third kappa shape index (κ3) is 7.31. The minimum Gasteiger partial charge on any atom is -0.282 e. The van der Waals surface area contributed by atoms with E-state index in [0.717, 1.165) is 34.3 Å². The standard InChI is InChI=1S/C10H10N2O7S2.C10H10N2O6S/c1-6-4-10(13)12(11-6)8-3-2-7(20(14,15)16)5-9(8)21(17,18)19;13-10-5-7(6-18-14)11-12(10)8-1-3-9(4-2-8)19(15,16)17/h2-3,5H,4H2,1H3,(H,14,15,16)(H,17,18,19);1-4,14H,5-6H2,(H,15,16,17). The van der Waals surface area contributed by atoms with Crippen molar-refractivity contribution in [3.8, 4) is 0 Å². The van der Waals surface area contributed by atoms with Crippen molar-refractivity contribution < 1.29 is 58.6 Å². The summed E-state index contributed by atoms with van der Waals surface area (Å²) in [6.45, 7) is 1.38. The highest BCUT2D eigenvalue weighted by Crippen LogP contribution is 2.31. The van der Waals surface area contributed by atoms with E-state index in [2.05, 4.69) is 15.1 Å². The molecule has 17 nitrogen and oxygen atoms in total. The van der Waals surface area contributed by atoms with Gasteiger partial charge in [0.25, 0.3) is 42.2 Å². The van der Waals surface area contributed by atoms with Crippen LogP contribution in [0.4, 0.5) is 11.4 Å². The Morgan fingerprint density at radius 2 is 1.32 bits per heavy atom. The molecular weight excluding hydrogens is 600 g/mol. The van der Waals surface area contributed by atoms with Crippen molar-refractivity contribution in [2.24, 2.45) is 10.2 Å². The molecule has 0 atom stereocenters. The van der Waals surface area contributed by atoms with Crippen LogP contribution >= 0.6 is 0 Å². The molecule has 20 heteroatoms. The zero-order valence-corrected chi connectivity index (χ0v) is 22.6. The van der Waals surface area contributed by atoms with Crippen molar-refractivity contribution in [3.63, 3.8) is 0 Å². The third-order valence-electron chi connectivity index (χ3n) is 5.09. The van der Waals surface area contributed by atoms with Gasteiger partial charge in [-0.1, -0.05) is 0 Å². The average molecular weight is 621 g/mol. The summed E-state index contributed by atoms with van der Waals surface area (Å²) in [4.78, 5) is 25.4. The summed E-state index contributed by atoms with van der Waals surface area (Å²) < 4.78 is 93.5. The zero-order chi connectivity index (χ0) is 30.0. The quantitative estimate of drug-likeness (QED) is 0.190. The number of hydrazone groups is 2. The molecular formula is C20H20N4O13S3. The SMILES string of the molecule is CC1=NN(c2ccc(S(=O)(=O)O)cc2S(=O)(=O)O)C(=O)C1.O=C1CC(COO)=NN1c1ccc(S(=O)(=O)O)cc1. The van der Waals surface area contributed by atoms with Crippen molar-refractivity contribution >= 4 is 65.0 Å². The Labute approximate surface area is 227 Å². The Morgan fingerprint density at radius 3 is 1.80 bits per heavy atom. The zero-order valence-electron chi connectivity index (χ0n) is 20.1. The van der Waals surface area contributed by atoms with Gasteiger partial charge >= 0.3 is 0 Å². The molecule has 0 fully saturated rings. The van der Waals surface area contributed by atoms with E-state index in [4.69, 9.17) is 14.4 Å². The first-order valence-electron chi connectivity index (χ1n) is 10.6. The molecule has 0 spiro atoms. The molecule has 0 radical (unpaired) electrons. The second-order valence-electron chi connectivity index (χ2n) is 8.09. The van der Waals surface area contributed by atoms with Crippen molar-refractivity contribution in [1.82, 2.24) is 0 Å². The minimum atomic E-state index is -4.83. The summed E-state index contributed by atoms with van der Waals surface area (Å²) in [6, 6.07) is 7.42. The maximum atomic E-state index is 11.7. The molecule has 2 aromatic rings. The Kier molecular flexibility index (Phi) is 8.86. The maximum Gasteiger partial charge on any atom is 0.296 e. The second kappa shape index (κ2) is 11.5. The lowest BCUT2D eigenvalue weighted by atomic mass is 10.2. The smallest absolute Gasteiger partial charge is 0.282 e. The number of benzene rings is 2. The third-order valence-corrected chi connectivity index (χ3v) is 7.69. The van der Waals surface area contributed by atoms with E-state index in [1.165, 1.54) is 12.1 Å². The van der Waals surface area contributed by atoms with Crippen LogP contribution in [0.1, 0.15) is 19.8 Å². The van der Waals surface area contributed by atoms with Crippen LogP contribution in [0, 0.1) is 0 Å². The van der Waals surface area contributed by atoms with E-state index >= 15 is 0 Å². The average Bonchev–Trinajstić information content (AvgIpc) is 3.38. The first kappa shape index (κ1) is 30.9. The van der Waals surface area contributed by atoms with Gasteiger partial charge < -0.3 is 0 Å². The molecule has 0 bridgehead atoms. The number of hydrogen-bond donors (Lipinski definition) is 4. The highest BCUT2D eigenvalue weighted by atomic mass is 32.2. The largest absolute Gasteiger partial charge is 0.296 e. The van der Waals surface area contributed by atoms with Gasteiger partial charge in [-0.15, -0.1) is 0 Å². The fourth-order valence-corrected chi connectivity index (χ4v) is 5.13. The van der Waals surface area contributed by atoms with Crippen LogP contribution in [0.15, 0.2) is 67.4 Å². The van der Waals surface area contributed by atoms with E-state index in [9.17, 15) is 39.4 Å². The minimum absolute atomic E-state index is 0.0145. The van der Waals surface area contributed by atoms with E-state index in [1.807, 2.05) is 0 Å². The van der Waals surface area contributed by atoms with Crippen molar-refractivity contribution in [3.05, 3.63) is 42.5 Å². The molecule has 0 aromatic heterocycles. The molecule has 2 aliphatic heterocycles. The molecule has 0 saturated heterocycles. The molecule has 2 heterocycles. The topological polar surface area (TPSA) is 258 Å². The lowest BCUT2D eigenvalue weighted by Crippen LogP contribution is -2.22. The Bertz CT molecular complexity index is 1730. The van der Waals surface area contributed by atoms with Gasteiger partial charge in [-0.05, 0) is 49.4 Å². The van der Waals surface area contributed by atoms with Crippen molar-refractivity contribution in [2.75, 3.05) is 16.6 Å². The monoisotopic (exact) mass is 620 g/mol. The fourth-order valence-electron chi connectivity index (χ4n) is 3.38. The van der Waals surface area contributed by atoms with Crippen LogP contribution in [-0.2, 0) is 44.8 Å². The molecule has 4 rings (SSSR count). The van der Waals surface area contributed by atoms with Crippen molar-refractivity contribution in [1.29, 1.82) is 0 Å². The molecule has 0 saturated carbocycles. The highest BCUT2D eigenvalue weighted by molar-refractivity contribution is 7.86. The lowest BCUT2D eigenvalue weighted by Gasteiger charge is -2.15. The highest BCUT2D eigenvalue weighted by Gasteiger charge is 2.30. The molecule has 2 aromatic carbocycles. The maximum absolute atomic E-state index is 11.7. The molecule has 2 amide bonds. The summed E-state index contributed by atoms with van der Waals surface area (Å²) in [5.74, 6) is -0.858. The predicted molar refractivity (Wildman–Crippen MR) is 136 cm³/mol. The van der Waals surface area contributed by atoms with Crippen LogP contribution in [0.25, 0.3) is 0 Å². The van der Waals surface area contributed by atoms with Crippen LogP contribution in [0.3, 0.4) is 0 Å².